The number of benzene rings is 2. The molecule has 6 heteroatoms. The zero-order valence-corrected chi connectivity index (χ0v) is 15.5. The van der Waals surface area contributed by atoms with Crippen LogP contribution in [-0.2, 0) is 6.54 Å². The topological polar surface area (TPSA) is 59.8 Å². The molecule has 5 nitrogen and oxygen atoms in total. The van der Waals surface area contributed by atoms with Crippen molar-refractivity contribution in [1.29, 1.82) is 0 Å². The molecule has 0 aliphatic heterocycles. The lowest BCUT2D eigenvalue weighted by Crippen LogP contribution is -2.09. The zero-order chi connectivity index (χ0) is 18.6. The van der Waals surface area contributed by atoms with Crippen molar-refractivity contribution in [3.63, 3.8) is 0 Å². The summed E-state index contributed by atoms with van der Waals surface area (Å²) >= 11 is 6.43. The van der Waals surface area contributed by atoms with Gasteiger partial charge in [-0.25, -0.2) is 4.68 Å². The van der Waals surface area contributed by atoms with Gasteiger partial charge in [0.1, 0.15) is 0 Å². The second-order valence-corrected chi connectivity index (χ2v) is 6.86. The number of para-hydroxylation sites is 1. The van der Waals surface area contributed by atoms with Crippen LogP contribution in [0.5, 0.6) is 0 Å². The highest BCUT2D eigenvalue weighted by Gasteiger charge is 2.27. The fourth-order valence-electron chi connectivity index (χ4n) is 3.27. The van der Waals surface area contributed by atoms with Crippen molar-refractivity contribution in [1.82, 2.24) is 15.0 Å². The normalized spacial score (nSPS) is 13.8. The molecule has 2 aromatic carbocycles. The Morgan fingerprint density at radius 3 is 2.48 bits per heavy atom. The average Bonchev–Trinajstić information content (AvgIpc) is 3.30. The van der Waals surface area contributed by atoms with Crippen LogP contribution < -0.4 is 5.32 Å². The smallest absolute Gasteiger partial charge is 0.214 e. The molecule has 1 aliphatic carbocycles. The van der Waals surface area contributed by atoms with Crippen molar-refractivity contribution in [2.45, 2.75) is 25.8 Å². The van der Waals surface area contributed by atoms with E-state index in [9.17, 15) is 4.79 Å². The lowest BCUT2D eigenvalue weighted by molar-refractivity contribution is 0.102. The Hall–Kier alpha value is -2.92. The van der Waals surface area contributed by atoms with E-state index in [4.69, 9.17) is 11.6 Å². The fraction of sp³-hybridized carbons (Fsp3) is 0.190. The molecule has 0 saturated carbocycles. The van der Waals surface area contributed by atoms with E-state index in [1.807, 2.05) is 60.7 Å². The van der Waals surface area contributed by atoms with Crippen molar-refractivity contribution in [3.8, 4) is 0 Å². The Morgan fingerprint density at radius 1 is 1.04 bits per heavy atom. The lowest BCUT2D eigenvalue weighted by Gasteiger charge is -2.09. The molecule has 27 heavy (non-hydrogen) atoms. The third-order valence-corrected chi connectivity index (χ3v) is 5.00. The molecule has 0 spiro atoms. The molecule has 0 amide bonds. The van der Waals surface area contributed by atoms with Crippen molar-refractivity contribution in [3.05, 3.63) is 88.3 Å². The van der Waals surface area contributed by atoms with E-state index < -0.39 is 0 Å². The summed E-state index contributed by atoms with van der Waals surface area (Å²) in [6.45, 7) is 0.480. The molecule has 1 N–H and O–H groups in total. The Morgan fingerprint density at radius 2 is 1.74 bits per heavy atom. The summed E-state index contributed by atoms with van der Waals surface area (Å²) in [4.78, 5) is 13.0. The number of nitrogens with one attached hydrogen (secondary N) is 1. The van der Waals surface area contributed by atoms with Crippen LogP contribution in [0.3, 0.4) is 0 Å². The molecule has 0 atom stereocenters. The number of allylic oxidation sites excluding steroid dienone is 2. The van der Waals surface area contributed by atoms with Gasteiger partial charge in [-0.2, -0.15) is 0 Å². The van der Waals surface area contributed by atoms with Crippen LogP contribution >= 0.6 is 11.6 Å². The van der Waals surface area contributed by atoms with E-state index in [1.165, 1.54) is 0 Å². The number of Topliss-reactive ketones (excluding diaryl/α,β-unsaturated/α-hetero) is 1. The van der Waals surface area contributed by atoms with Gasteiger partial charge in [-0.15, -0.1) is 5.10 Å². The second-order valence-electron chi connectivity index (χ2n) is 6.50. The number of nitrogens with zero attached hydrogens (tertiary/aromatic N) is 3. The molecule has 0 saturated heterocycles. The monoisotopic (exact) mass is 378 g/mol. The van der Waals surface area contributed by atoms with Gasteiger partial charge in [0.15, 0.2) is 10.8 Å². The van der Waals surface area contributed by atoms with Crippen molar-refractivity contribution in [2.24, 2.45) is 0 Å². The molecule has 0 radical (unpaired) electrons. The maximum absolute atomic E-state index is 13.0. The molecule has 1 aromatic heterocycles. The van der Waals surface area contributed by atoms with Crippen LogP contribution in [0.2, 0.25) is 5.15 Å². The van der Waals surface area contributed by atoms with E-state index in [1.54, 1.807) is 4.68 Å². The van der Waals surface area contributed by atoms with Crippen LogP contribution in [0.1, 0.15) is 35.3 Å². The molecule has 136 valence electrons. The Bertz CT molecular complexity index is 980. The van der Waals surface area contributed by atoms with Gasteiger partial charge in [0.05, 0.1) is 6.54 Å². The van der Waals surface area contributed by atoms with E-state index in [0.717, 1.165) is 41.8 Å². The minimum Gasteiger partial charge on any atom is -0.359 e. The van der Waals surface area contributed by atoms with Gasteiger partial charge >= 0.3 is 0 Å². The summed E-state index contributed by atoms with van der Waals surface area (Å²) in [5.74, 6) is -0.143. The van der Waals surface area contributed by atoms with E-state index in [0.29, 0.717) is 6.54 Å². The standard InChI is InChI=1S/C21H19ClN4O/c22-21-19(24-25-26(21)14-15-8-3-1-4-9-15)20(27)17-12-7-13-18(17)23-16-10-5-2-6-11-16/h1-6,8-11,23H,7,12-14H2. The summed E-state index contributed by atoms with van der Waals surface area (Å²) in [6.07, 6.45) is 2.49. The highest BCUT2D eigenvalue weighted by Crippen LogP contribution is 2.31. The van der Waals surface area contributed by atoms with Crippen LogP contribution in [-0.4, -0.2) is 20.8 Å². The van der Waals surface area contributed by atoms with E-state index >= 15 is 0 Å². The number of aromatic nitrogens is 3. The number of rotatable bonds is 6. The van der Waals surface area contributed by atoms with Crippen LogP contribution in [0.4, 0.5) is 5.69 Å². The number of carbonyl (C=O) groups excluding carboxylic acids is 1. The number of ketones is 1. The molecule has 3 aromatic rings. The molecule has 0 bridgehead atoms. The molecule has 1 heterocycles. The Labute approximate surface area is 162 Å². The third kappa shape index (κ3) is 3.78. The molecule has 1 aliphatic rings. The molecular formula is C21H19ClN4O. The van der Waals surface area contributed by atoms with Gasteiger partial charge in [0.2, 0.25) is 5.78 Å². The quantitative estimate of drug-likeness (QED) is 0.631. The first-order valence-corrected chi connectivity index (χ1v) is 9.32. The summed E-state index contributed by atoms with van der Waals surface area (Å²) in [6, 6.07) is 19.7. The van der Waals surface area contributed by atoms with E-state index in [2.05, 4.69) is 15.6 Å². The van der Waals surface area contributed by atoms with Gasteiger partial charge in [0, 0.05) is 17.0 Å². The molecule has 0 unspecified atom stereocenters. The van der Waals surface area contributed by atoms with Gasteiger partial charge in [0.25, 0.3) is 0 Å². The summed E-state index contributed by atoms with van der Waals surface area (Å²) in [5, 5.41) is 11.8. The Kier molecular flexibility index (Phi) is 5.03. The predicted molar refractivity (Wildman–Crippen MR) is 106 cm³/mol. The minimum absolute atomic E-state index is 0.143. The van der Waals surface area contributed by atoms with Gasteiger partial charge in [-0.3, -0.25) is 4.79 Å². The largest absolute Gasteiger partial charge is 0.359 e. The first-order chi connectivity index (χ1) is 13.2. The van der Waals surface area contributed by atoms with Gasteiger partial charge in [-0.05, 0) is 37.0 Å². The number of anilines is 1. The second kappa shape index (κ2) is 7.76. The van der Waals surface area contributed by atoms with Crippen LogP contribution in [0, 0.1) is 0 Å². The first kappa shape index (κ1) is 17.5. The minimum atomic E-state index is -0.143. The molecule has 0 fully saturated rings. The number of hydrogen-bond donors (Lipinski definition) is 1. The SMILES string of the molecule is O=C(C1=C(Nc2ccccc2)CCC1)c1nnn(Cc2ccccc2)c1Cl. The third-order valence-electron chi connectivity index (χ3n) is 4.63. The predicted octanol–water partition coefficient (Wildman–Crippen LogP) is 4.71. The molecule has 4 rings (SSSR count). The maximum atomic E-state index is 13.0. The number of carbonyl (C=O) groups is 1. The van der Waals surface area contributed by atoms with Crippen molar-refractivity contribution in [2.75, 3.05) is 5.32 Å². The van der Waals surface area contributed by atoms with E-state index in [-0.39, 0.29) is 16.6 Å². The highest BCUT2D eigenvalue weighted by molar-refractivity contribution is 6.33. The number of halogens is 1. The van der Waals surface area contributed by atoms with Crippen molar-refractivity contribution < 1.29 is 4.79 Å². The van der Waals surface area contributed by atoms with Crippen LogP contribution in [0.15, 0.2) is 71.9 Å². The van der Waals surface area contributed by atoms with Gasteiger partial charge < -0.3 is 5.32 Å². The summed E-state index contributed by atoms with van der Waals surface area (Å²) < 4.78 is 1.56. The average molecular weight is 379 g/mol. The highest BCUT2D eigenvalue weighted by atomic mass is 35.5. The lowest BCUT2D eigenvalue weighted by atomic mass is 10.1. The number of hydrogen-bond acceptors (Lipinski definition) is 4. The zero-order valence-electron chi connectivity index (χ0n) is 14.7. The molecular weight excluding hydrogens is 360 g/mol. The summed E-state index contributed by atoms with van der Waals surface area (Å²) in [7, 11) is 0. The van der Waals surface area contributed by atoms with Crippen LogP contribution in [0.25, 0.3) is 0 Å². The Balaban J connectivity index is 1.58. The summed E-state index contributed by atoms with van der Waals surface area (Å²) in [5.41, 5.74) is 3.93. The van der Waals surface area contributed by atoms with Gasteiger partial charge in [-0.1, -0.05) is 65.3 Å². The fourth-order valence-corrected chi connectivity index (χ4v) is 3.49. The van der Waals surface area contributed by atoms with Crippen molar-refractivity contribution >= 4 is 23.1 Å². The first-order valence-electron chi connectivity index (χ1n) is 8.94. The maximum Gasteiger partial charge on any atom is 0.214 e.